The van der Waals surface area contributed by atoms with E-state index >= 15 is 0 Å². The van der Waals surface area contributed by atoms with Gasteiger partial charge in [-0.3, -0.25) is 4.79 Å². The Morgan fingerprint density at radius 2 is 2.11 bits per heavy atom. The van der Waals surface area contributed by atoms with Crippen LogP contribution in [0.1, 0.15) is 19.8 Å². The van der Waals surface area contributed by atoms with E-state index in [-0.39, 0.29) is 16.9 Å². The zero-order valence-electron chi connectivity index (χ0n) is 10.8. The monoisotopic (exact) mass is 286 g/mol. The number of sulfonamides is 1. The highest BCUT2D eigenvalue weighted by Crippen LogP contribution is 2.19. The number of nitrogens with one attached hydrogen (secondary N) is 2. The van der Waals surface area contributed by atoms with Gasteiger partial charge in [-0.2, -0.15) is 0 Å². The molecule has 0 amide bonds. The first-order valence-corrected chi connectivity index (χ1v) is 7.76. The predicted octanol–water partition coefficient (Wildman–Crippen LogP) is 0.468. The highest BCUT2D eigenvalue weighted by atomic mass is 32.2. The highest BCUT2D eigenvalue weighted by Gasteiger charge is 2.26. The van der Waals surface area contributed by atoms with Gasteiger partial charge in [0.1, 0.15) is 4.90 Å². The van der Waals surface area contributed by atoms with Gasteiger partial charge < -0.3 is 9.72 Å². The zero-order chi connectivity index (χ0) is 13.9. The van der Waals surface area contributed by atoms with Crippen LogP contribution in [0.15, 0.2) is 28.2 Å². The maximum Gasteiger partial charge on any atom is 0.246 e. The van der Waals surface area contributed by atoms with Crippen LogP contribution in [-0.4, -0.2) is 32.7 Å². The number of H-pyrrole nitrogens is 1. The summed E-state index contributed by atoms with van der Waals surface area (Å²) in [6.45, 7) is 3.13. The van der Waals surface area contributed by atoms with Crippen LogP contribution in [-0.2, 0) is 14.8 Å². The van der Waals surface area contributed by atoms with Crippen molar-refractivity contribution in [3.63, 3.8) is 0 Å². The average molecular weight is 286 g/mol. The van der Waals surface area contributed by atoms with Crippen molar-refractivity contribution in [2.75, 3.05) is 13.2 Å². The van der Waals surface area contributed by atoms with Gasteiger partial charge in [0.25, 0.3) is 0 Å². The molecule has 1 aliphatic rings. The van der Waals surface area contributed by atoms with Crippen LogP contribution in [0.5, 0.6) is 0 Å². The first-order valence-electron chi connectivity index (χ1n) is 6.28. The van der Waals surface area contributed by atoms with Gasteiger partial charge in [-0.25, -0.2) is 13.1 Å². The van der Waals surface area contributed by atoms with Crippen LogP contribution in [0.25, 0.3) is 0 Å². The van der Waals surface area contributed by atoms with E-state index in [0.29, 0.717) is 13.2 Å². The number of aromatic nitrogens is 1. The molecule has 1 saturated heterocycles. The fraction of sp³-hybridized carbons (Fsp3) is 0.583. The third-order valence-corrected chi connectivity index (χ3v) is 4.97. The van der Waals surface area contributed by atoms with Crippen molar-refractivity contribution in [1.29, 1.82) is 0 Å². The first kappa shape index (κ1) is 14.2. The molecule has 0 spiro atoms. The fourth-order valence-corrected chi connectivity index (χ4v) is 3.60. The molecule has 7 heteroatoms. The summed E-state index contributed by atoms with van der Waals surface area (Å²) in [5, 5.41) is 0. The van der Waals surface area contributed by atoms with Gasteiger partial charge in [-0.1, -0.05) is 0 Å². The number of hydrogen-bond acceptors (Lipinski definition) is 4. The Morgan fingerprint density at radius 3 is 2.74 bits per heavy atom. The quantitative estimate of drug-likeness (QED) is 0.842. The molecule has 2 N–H and O–H groups in total. The van der Waals surface area contributed by atoms with Crippen molar-refractivity contribution < 1.29 is 13.2 Å². The molecular formula is C12H18N2O4S. The summed E-state index contributed by atoms with van der Waals surface area (Å²) in [4.78, 5) is 13.9. The molecule has 6 nitrogen and oxygen atoms in total. The Labute approximate surface area is 112 Å². The maximum atomic E-state index is 12.1. The minimum Gasteiger partial charge on any atom is -0.381 e. The van der Waals surface area contributed by atoms with Crippen molar-refractivity contribution in [3.05, 3.63) is 28.7 Å². The van der Waals surface area contributed by atoms with Gasteiger partial charge in [-0.15, -0.1) is 0 Å². The van der Waals surface area contributed by atoms with Crippen molar-refractivity contribution in [3.8, 4) is 0 Å². The molecule has 1 aromatic heterocycles. The second-order valence-corrected chi connectivity index (χ2v) is 6.42. The Morgan fingerprint density at radius 1 is 1.42 bits per heavy atom. The lowest BCUT2D eigenvalue weighted by Crippen LogP contribution is -2.41. The Balaban J connectivity index is 2.13. The van der Waals surface area contributed by atoms with E-state index in [0.717, 1.165) is 12.8 Å². The molecular weight excluding hydrogens is 268 g/mol. The van der Waals surface area contributed by atoms with Gasteiger partial charge in [0.15, 0.2) is 0 Å². The third kappa shape index (κ3) is 3.43. The minimum absolute atomic E-state index is 0.214. The number of ether oxygens (including phenoxy) is 1. The van der Waals surface area contributed by atoms with Crippen molar-refractivity contribution in [1.82, 2.24) is 9.71 Å². The van der Waals surface area contributed by atoms with Crippen molar-refractivity contribution >= 4 is 10.0 Å². The molecule has 1 unspecified atom stereocenters. The number of hydrogen-bond donors (Lipinski definition) is 2. The van der Waals surface area contributed by atoms with E-state index in [2.05, 4.69) is 9.71 Å². The summed E-state index contributed by atoms with van der Waals surface area (Å²) in [5.41, 5.74) is -0.509. The van der Waals surface area contributed by atoms with Crippen LogP contribution in [0.2, 0.25) is 0 Å². The van der Waals surface area contributed by atoms with E-state index in [9.17, 15) is 13.2 Å². The van der Waals surface area contributed by atoms with E-state index in [1.807, 2.05) is 6.92 Å². The highest BCUT2D eigenvalue weighted by molar-refractivity contribution is 7.89. The predicted molar refractivity (Wildman–Crippen MR) is 70.4 cm³/mol. The van der Waals surface area contributed by atoms with Crippen LogP contribution in [0.4, 0.5) is 0 Å². The standard InChI is InChI=1S/C12H18N2O4S/c1-9(10-3-6-18-7-4-10)14-19(16,17)12-8-13-5-2-11(12)15/h2,5,8-10,14H,3-4,6-7H2,1H3,(H,13,15). The second-order valence-electron chi connectivity index (χ2n) is 4.73. The Bertz CT molecular complexity index is 575. The zero-order valence-corrected chi connectivity index (χ0v) is 11.6. The summed E-state index contributed by atoms with van der Waals surface area (Å²) in [6, 6.07) is 0.988. The SMILES string of the molecule is CC(NS(=O)(=O)c1c[nH]ccc1=O)C1CCOCC1. The molecule has 0 bridgehead atoms. The summed E-state index contributed by atoms with van der Waals surface area (Å²) >= 11 is 0. The number of pyridine rings is 1. The number of aromatic amines is 1. The lowest BCUT2D eigenvalue weighted by atomic mass is 9.94. The topological polar surface area (TPSA) is 88.3 Å². The van der Waals surface area contributed by atoms with Gasteiger partial charge in [0.05, 0.1) is 0 Å². The molecule has 2 heterocycles. The van der Waals surface area contributed by atoms with Gasteiger partial charge in [-0.05, 0) is 25.7 Å². The molecule has 1 aliphatic heterocycles. The fourth-order valence-electron chi connectivity index (χ4n) is 2.23. The summed E-state index contributed by atoms with van der Waals surface area (Å²) < 4.78 is 32.1. The van der Waals surface area contributed by atoms with Gasteiger partial charge in [0, 0.05) is 37.7 Å². The van der Waals surface area contributed by atoms with E-state index in [4.69, 9.17) is 4.74 Å². The van der Waals surface area contributed by atoms with Crippen LogP contribution in [0, 0.1) is 5.92 Å². The first-order chi connectivity index (χ1) is 9.00. The largest absolute Gasteiger partial charge is 0.381 e. The lowest BCUT2D eigenvalue weighted by molar-refractivity contribution is 0.0585. The van der Waals surface area contributed by atoms with E-state index < -0.39 is 15.5 Å². The molecule has 19 heavy (non-hydrogen) atoms. The smallest absolute Gasteiger partial charge is 0.246 e. The summed E-state index contributed by atoms with van der Waals surface area (Å²) in [5.74, 6) is 0.242. The van der Waals surface area contributed by atoms with Crippen LogP contribution < -0.4 is 10.2 Å². The van der Waals surface area contributed by atoms with Crippen molar-refractivity contribution in [2.45, 2.75) is 30.7 Å². The molecule has 1 atom stereocenters. The molecule has 0 aromatic carbocycles. The molecule has 0 radical (unpaired) electrons. The Hall–Kier alpha value is -1.18. The van der Waals surface area contributed by atoms with Gasteiger partial charge in [0.2, 0.25) is 15.5 Å². The summed E-state index contributed by atoms with van der Waals surface area (Å²) in [7, 11) is -3.77. The molecule has 106 valence electrons. The third-order valence-electron chi connectivity index (χ3n) is 3.39. The minimum atomic E-state index is -3.77. The van der Waals surface area contributed by atoms with Gasteiger partial charge >= 0.3 is 0 Å². The Kier molecular flexibility index (Phi) is 4.38. The van der Waals surface area contributed by atoms with Crippen molar-refractivity contribution in [2.24, 2.45) is 5.92 Å². The maximum absolute atomic E-state index is 12.1. The van der Waals surface area contributed by atoms with Crippen LogP contribution >= 0.6 is 0 Å². The molecule has 0 aliphatic carbocycles. The molecule has 1 fully saturated rings. The second kappa shape index (κ2) is 5.85. The number of rotatable bonds is 4. The summed E-state index contributed by atoms with van der Waals surface area (Å²) in [6.07, 6.45) is 4.27. The molecule has 2 rings (SSSR count). The lowest BCUT2D eigenvalue weighted by Gasteiger charge is -2.28. The van der Waals surface area contributed by atoms with Crippen LogP contribution in [0.3, 0.4) is 0 Å². The van der Waals surface area contributed by atoms with E-state index in [1.54, 1.807) is 0 Å². The molecule has 0 saturated carbocycles. The van der Waals surface area contributed by atoms with E-state index in [1.165, 1.54) is 18.5 Å². The average Bonchev–Trinajstić information content (AvgIpc) is 2.39. The normalized spacial score (nSPS) is 19.2. The molecule has 1 aromatic rings.